The average molecular weight is 294 g/mol. The molecular weight excluding hydrogens is 285 g/mol. The van der Waals surface area contributed by atoms with Crippen LogP contribution in [0.5, 0.6) is 0 Å². The molecule has 0 spiro atoms. The first-order valence-corrected chi connectivity index (χ1v) is 6.16. The van der Waals surface area contributed by atoms with Gasteiger partial charge in [-0.25, -0.2) is 4.79 Å². The minimum atomic E-state index is -0.540. The van der Waals surface area contributed by atoms with Crippen molar-refractivity contribution in [1.29, 1.82) is 0 Å². The van der Waals surface area contributed by atoms with Gasteiger partial charge >= 0.3 is 5.97 Å². The largest absolute Gasteiger partial charge is 0.365 e. The van der Waals surface area contributed by atoms with Gasteiger partial charge in [-0.15, -0.1) is 0 Å². The van der Waals surface area contributed by atoms with Crippen LogP contribution >= 0.6 is 23.2 Å². The third kappa shape index (κ3) is 4.09. The summed E-state index contributed by atoms with van der Waals surface area (Å²) in [6.07, 6.45) is 1.43. The average Bonchev–Trinajstić information content (AvgIpc) is 2.41. The van der Waals surface area contributed by atoms with Gasteiger partial charge in [0.25, 0.3) is 0 Å². The van der Waals surface area contributed by atoms with Gasteiger partial charge in [0, 0.05) is 10.0 Å². The van der Waals surface area contributed by atoms with E-state index >= 15 is 0 Å². The van der Waals surface area contributed by atoms with Crippen molar-refractivity contribution in [3.05, 3.63) is 69.7 Å². The quantitative estimate of drug-likeness (QED) is 0.484. The van der Waals surface area contributed by atoms with Crippen LogP contribution in [0.4, 0.5) is 0 Å². The van der Waals surface area contributed by atoms with Crippen molar-refractivity contribution in [2.45, 2.75) is 0 Å². The van der Waals surface area contributed by atoms with Crippen LogP contribution in [0, 0.1) is 0 Å². The molecule has 0 atom stereocenters. The standard InChI is InChI=1S/C14H9Cl2NO2/c15-12-5-1-10(2-6-12)9-17-19-14(18)11-3-7-13(16)8-4-11/h1-9H/b17-9-. The molecule has 96 valence electrons. The number of benzene rings is 2. The molecule has 0 radical (unpaired) electrons. The Balaban J connectivity index is 1.96. The molecule has 0 aromatic heterocycles. The SMILES string of the molecule is O=C(O/N=C\c1ccc(Cl)cc1)c1ccc(Cl)cc1. The second-order valence-electron chi connectivity index (χ2n) is 3.67. The number of oxime groups is 1. The zero-order chi connectivity index (χ0) is 13.7. The topological polar surface area (TPSA) is 38.7 Å². The Labute approximate surface area is 120 Å². The molecule has 2 aromatic rings. The molecule has 0 aliphatic carbocycles. The molecule has 0 aliphatic heterocycles. The van der Waals surface area contributed by atoms with Gasteiger partial charge in [0.2, 0.25) is 0 Å². The van der Waals surface area contributed by atoms with Crippen molar-refractivity contribution in [2.24, 2.45) is 5.16 Å². The summed E-state index contributed by atoms with van der Waals surface area (Å²) in [6, 6.07) is 13.4. The molecule has 2 aromatic carbocycles. The Morgan fingerprint density at radius 1 is 0.947 bits per heavy atom. The van der Waals surface area contributed by atoms with Gasteiger partial charge in [0.05, 0.1) is 11.8 Å². The second-order valence-corrected chi connectivity index (χ2v) is 4.54. The van der Waals surface area contributed by atoms with E-state index in [0.29, 0.717) is 15.6 Å². The molecule has 0 bridgehead atoms. The van der Waals surface area contributed by atoms with Crippen molar-refractivity contribution < 1.29 is 9.63 Å². The van der Waals surface area contributed by atoms with E-state index in [4.69, 9.17) is 28.0 Å². The highest BCUT2D eigenvalue weighted by Crippen LogP contribution is 2.11. The van der Waals surface area contributed by atoms with E-state index in [-0.39, 0.29) is 0 Å². The van der Waals surface area contributed by atoms with E-state index in [0.717, 1.165) is 5.56 Å². The van der Waals surface area contributed by atoms with E-state index in [9.17, 15) is 4.79 Å². The lowest BCUT2D eigenvalue weighted by Crippen LogP contribution is -2.00. The number of hydrogen-bond donors (Lipinski definition) is 0. The van der Waals surface area contributed by atoms with Crippen LogP contribution < -0.4 is 0 Å². The van der Waals surface area contributed by atoms with Crippen molar-refractivity contribution in [3.63, 3.8) is 0 Å². The van der Waals surface area contributed by atoms with E-state index in [1.807, 2.05) is 0 Å². The molecule has 0 aliphatic rings. The second kappa shape index (κ2) is 6.36. The minimum absolute atomic E-state index is 0.387. The number of rotatable bonds is 3. The van der Waals surface area contributed by atoms with Gasteiger partial charge in [-0.05, 0) is 42.0 Å². The van der Waals surface area contributed by atoms with Crippen LogP contribution in [0.3, 0.4) is 0 Å². The summed E-state index contributed by atoms with van der Waals surface area (Å²) in [7, 11) is 0. The van der Waals surface area contributed by atoms with Gasteiger partial charge in [0.1, 0.15) is 0 Å². The molecular formula is C14H9Cl2NO2. The highest BCUT2D eigenvalue weighted by molar-refractivity contribution is 6.30. The molecule has 3 nitrogen and oxygen atoms in total. The summed E-state index contributed by atoms with van der Waals surface area (Å²) in [5.41, 5.74) is 1.17. The van der Waals surface area contributed by atoms with E-state index in [1.54, 1.807) is 48.5 Å². The fourth-order valence-electron chi connectivity index (χ4n) is 1.32. The Morgan fingerprint density at radius 2 is 1.47 bits per heavy atom. The minimum Gasteiger partial charge on any atom is -0.313 e. The maximum absolute atomic E-state index is 11.6. The molecule has 5 heteroatoms. The number of hydrogen-bond acceptors (Lipinski definition) is 3. The summed E-state index contributed by atoms with van der Waals surface area (Å²) < 4.78 is 0. The lowest BCUT2D eigenvalue weighted by molar-refractivity contribution is 0.0519. The van der Waals surface area contributed by atoms with Crippen molar-refractivity contribution in [1.82, 2.24) is 0 Å². The van der Waals surface area contributed by atoms with Gasteiger partial charge in [-0.1, -0.05) is 40.5 Å². The third-order valence-electron chi connectivity index (χ3n) is 2.29. The van der Waals surface area contributed by atoms with Crippen LogP contribution in [0.2, 0.25) is 10.0 Å². The highest BCUT2D eigenvalue weighted by Gasteiger charge is 2.05. The van der Waals surface area contributed by atoms with E-state index < -0.39 is 5.97 Å². The zero-order valence-electron chi connectivity index (χ0n) is 9.72. The van der Waals surface area contributed by atoms with Gasteiger partial charge in [0.15, 0.2) is 0 Å². The molecule has 2 rings (SSSR count). The van der Waals surface area contributed by atoms with Crippen LogP contribution in [0.1, 0.15) is 15.9 Å². The summed E-state index contributed by atoms with van der Waals surface area (Å²) in [5, 5.41) is 4.81. The fourth-order valence-corrected chi connectivity index (χ4v) is 1.57. The van der Waals surface area contributed by atoms with E-state index in [2.05, 4.69) is 5.16 Å². The molecule has 0 saturated carbocycles. The summed E-state index contributed by atoms with van der Waals surface area (Å²) >= 11 is 11.5. The predicted molar refractivity (Wildman–Crippen MR) is 75.9 cm³/mol. The normalized spacial score (nSPS) is 10.6. The van der Waals surface area contributed by atoms with Crippen molar-refractivity contribution in [3.8, 4) is 0 Å². The van der Waals surface area contributed by atoms with Crippen LogP contribution in [0.25, 0.3) is 0 Å². The maximum Gasteiger partial charge on any atom is 0.365 e. The fraction of sp³-hybridized carbons (Fsp3) is 0. The van der Waals surface area contributed by atoms with Crippen molar-refractivity contribution >= 4 is 35.4 Å². The molecule has 0 N–H and O–H groups in total. The van der Waals surface area contributed by atoms with Gasteiger partial charge < -0.3 is 4.84 Å². The summed E-state index contributed by atoms with van der Waals surface area (Å²) in [5.74, 6) is -0.540. The van der Waals surface area contributed by atoms with Gasteiger partial charge in [-0.3, -0.25) is 0 Å². The molecule has 0 saturated heterocycles. The lowest BCUT2D eigenvalue weighted by atomic mass is 10.2. The highest BCUT2D eigenvalue weighted by atomic mass is 35.5. The van der Waals surface area contributed by atoms with E-state index in [1.165, 1.54) is 6.21 Å². The monoisotopic (exact) mass is 293 g/mol. The summed E-state index contributed by atoms with van der Waals surface area (Å²) in [4.78, 5) is 16.4. The number of halogens is 2. The Hall–Kier alpha value is -1.84. The Morgan fingerprint density at radius 3 is 2.05 bits per heavy atom. The molecule has 0 fully saturated rings. The predicted octanol–water partition coefficient (Wildman–Crippen LogP) is 4.18. The van der Waals surface area contributed by atoms with Crippen molar-refractivity contribution in [2.75, 3.05) is 0 Å². The molecule has 0 heterocycles. The Bertz CT molecular complexity index is 592. The maximum atomic E-state index is 11.6. The smallest absolute Gasteiger partial charge is 0.313 e. The first-order valence-electron chi connectivity index (χ1n) is 5.41. The Kier molecular flexibility index (Phi) is 4.55. The first kappa shape index (κ1) is 13.6. The van der Waals surface area contributed by atoms with Crippen LogP contribution in [-0.4, -0.2) is 12.2 Å². The molecule has 19 heavy (non-hydrogen) atoms. The number of carbonyl (C=O) groups excluding carboxylic acids is 1. The van der Waals surface area contributed by atoms with Gasteiger partial charge in [-0.2, -0.15) is 0 Å². The molecule has 0 unspecified atom stereocenters. The van der Waals surface area contributed by atoms with Crippen LogP contribution in [-0.2, 0) is 4.84 Å². The molecule has 0 amide bonds. The number of carbonyl (C=O) groups is 1. The van der Waals surface area contributed by atoms with Crippen LogP contribution in [0.15, 0.2) is 53.7 Å². The third-order valence-corrected chi connectivity index (χ3v) is 2.79. The number of nitrogens with zero attached hydrogens (tertiary/aromatic N) is 1. The first-order chi connectivity index (χ1) is 9.15. The lowest BCUT2D eigenvalue weighted by Gasteiger charge is -1.98. The summed E-state index contributed by atoms with van der Waals surface area (Å²) in [6.45, 7) is 0. The zero-order valence-corrected chi connectivity index (χ0v) is 11.2.